The summed E-state index contributed by atoms with van der Waals surface area (Å²) in [5.41, 5.74) is 2.32. The first kappa shape index (κ1) is 8.24. The molecule has 0 amide bonds. The van der Waals surface area contributed by atoms with Crippen molar-refractivity contribution in [1.82, 2.24) is 10.5 Å². The van der Waals surface area contributed by atoms with Crippen LogP contribution in [0.5, 0.6) is 0 Å². The summed E-state index contributed by atoms with van der Waals surface area (Å²) in [5.74, 6) is 2.47. The summed E-state index contributed by atoms with van der Waals surface area (Å²) < 4.78 is 5.27. The molecule has 1 aromatic heterocycles. The summed E-state index contributed by atoms with van der Waals surface area (Å²) in [6.45, 7) is 4.24. The number of hydrogen-bond acceptors (Lipinski definition) is 3. The third kappa shape index (κ3) is 1.20. The van der Waals surface area contributed by atoms with E-state index in [4.69, 9.17) is 4.52 Å². The minimum atomic E-state index is 0.718. The molecule has 3 heteroatoms. The highest BCUT2D eigenvalue weighted by molar-refractivity contribution is 5.64. The van der Waals surface area contributed by atoms with Gasteiger partial charge < -0.3 is 9.84 Å². The zero-order valence-corrected chi connectivity index (χ0v) is 8.29. The van der Waals surface area contributed by atoms with Crippen molar-refractivity contribution in [3.05, 3.63) is 23.6 Å². The Bertz CT molecular complexity index is 380. The van der Waals surface area contributed by atoms with E-state index < -0.39 is 0 Å². The molecule has 1 saturated heterocycles. The number of nitrogens with zero attached hydrogens (tertiary/aromatic N) is 1. The number of rotatable bonds is 1. The normalized spacial score (nSPS) is 30.5. The molecule has 1 aromatic rings. The van der Waals surface area contributed by atoms with Crippen LogP contribution < -0.4 is 5.32 Å². The molecule has 1 N–H and O–H groups in total. The summed E-state index contributed by atoms with van der Waals surface area (Å²) in [6, 6.07) is 2.03. The Morgan fingerprint density at radius 1 is 1.50 bits per heavy atom. The van der Waals surface area contributed by atoms with Gasteiger partial charge in [0.1, 0.15) is 0 Å². The topological polar surface area (TPSA) is 38.1 Å². The monoisotopic (exact) mass is 190 g/mol. The second-order valence-electron chi connectivity index (χ2n) is 4.31. The molecule has 2 aliphatic rings. The van der Waals surface area contributed by atoms with Crippen molar-refractivity contribution < 1.29 is 4.52 Å². The van der Waals surface area contributed by atoms with Gasteiger partial charge in [0.25, 0.3) is 0 Å². The summed E-state index contributed by atoms with van der Waals surface area (Å²) in [6.07, 6.45) is 3.50. The van der Waals surface area contributed by atoms with Crippen LogP contribution >= 0.6 is 0 Å². The standard InChI is InChI=1S/C11H14N2O/c1-7-2-11(14-13-7)8-3-9-5-12-6-10(9)4-8/h2-3,9-10,12H,4-6H2,1H3/t9-,10+/m0/s1. The van der Waals surface area contributed by atoms with Crippen LogP contribution in [0.3, 0.4) is 0 Å². The Morgan fingerprint density at radius 3 is 3.14 bits per heavy atom. The van der Waals surface area contributed by atoms with E-state index in [0.717, 1.165) is 42.8 Å². The van der Waals surface area contributed by atoms with Crippen LogP contribution in [-0.4, -0.2) is 18.2 Å². The third-order valence-electron chi connectivity index (χ3n) is 3.23. The van der Waals surface area contributed by atoms with Gasteiger partial charge in [-0.05, 0) is 37.3 Å². The summed E-state index contributed by atoms with van der Waals surface area (Å²) in [4.78, 5) is 0. The number of nitrogens with one attached hydrogen (secondary N) is 1. The summed E-state index contributed by atoms with van der Waals surface area (Å²) in [5, 5.41) is 7.33. The highest BCUT2D eigenvalue weighted by Gasteiger charge is 2.32. The first-order valence-electron chi connectivity index (χ1n) is 5.18. The van der Waals surface area contributed by atoms with E-state index in [1.54, 1.807) is 0 Å². The van der Waals surface area contributed by atoms with Gasteiger partial charge in [-0.2, -0.15) is 0 Å². The average Bonchev–Trinajstić information content (AvgIpc) is 2.75. The smallest absolute Gasteiger partial charge is 0.162 e. The van der Waals surface area contributed by atoms with Gasteiger partial charge in [-0.15, -0.1) is 0 Å². The molecule has 0 bridgehead atoms. The van der Waals surface area contributed by atoms with Crippen molar-refractivity contribution in [3.8, 4) is 0 Å². The second kappa shape index (κ2) is 2.95. The fourth-order valence-electron chi connectivity index (χ4n) is 2.48. The van der Waals surface area contributed by atoms with E-state index >= 15 is 0 Å². The SMILES string of the molecule is Cc1cc(C2=C[C@H]3CNC[C@H]3C2)on1. The molecule has 1 aliphatic heterocycles. The van der Waals surface area contributed by atoms with Crippen molar-refractivity contribution in [2.24, 2.45) is 11.8 Å². The number of aryl methyl sites for hydroxylation is 1. The molecular weight excluding hydrogens is 176 g/mol. The maximum absolute atomic E-state index is 5.27. The second-order valence-corrected chi connectivity index (χ2v) is 4.31. The van der Waals surface area contributed by atoms with Gasteiger partial charge in [-0.1, -0.05) is 11.2 Å². The van der Waals surface area contributed by atoms with Gasteiger partial charge >= 0.3 is 0 Å². The van der Waals surface area contributed by atoms with Gasteiger partial charge in [0.15, 0.2) is 5.76 Å². The molecule has 74 valence electrons. The molecule has 1 aliphatic carbocycles. The van der Waals surface area contributed by atoms with Gasteiger partial charge in [0, 0.05) is 12.6 Å². The predicted octanol–water partition coefficient (Wildman–Crippen LogP) is 1.61. The molecule has 14 heavy (non-hydrogen) atoms. The Morgan fingerprint density at radius 2 is 2.43 bits per heavy atom. The van der Waals surface area contributed by atoms with Crippen LogP contribution in [0.15, 0.2) is 16.7 Å². The largest absolute Gasteiger partial charge is 0.356 e. The van der Waals surface area contributed by atoms with Gasteiger partial charge in [-0.3, -0.25) is 0 Å². The van der Waals surface area contributed by atoms with Crippen molar-refractivity contribution >= 4 is 5.57 Å². The number of allylic oxidation sites excluding steroid dienone is 1. The fraction of sp³-hybridized carbons (Fsp3) is 0.545. The lowest BCUT2D eigenvalue weighted by Crippen LogP contribution is -2.09. The lowest BCUT2D eigenvalue weighted by molar-refractivity contribution is 0.403. The van der Waals surface area contributed by atoms with Crippen LogP contribution in [0.25, 0.3) is 5.57 Å². The van der Waals surface area contributed by atoms with Crippen LogP contribution in [0.1, 0.15) is 17.9 Å². The molecule has 3 nitrogen and oxygen atoms in total. The lowest BCUT2D eigenvalue weighted by Gasteiger charge is -2.04. The van der Waals surface area contributed by atoms with E-state index in [-0.39, 0.29) is 0 Å². The number of hydrogen-bond donors (Lipinski definition) is 1. The average molecular weight is 190 g/mol. The van der Waals surface area contributed by atoms with Crippen LogP contribution in [0.4, 0.5) is 0 Å². The number of aromatic nitrogens is 1. The zero-order chi connectivity index (χ0) is 9.54. The molecule has 3 rings (SSSR count). The van der Waals surface area contributed by atoms with Gasteiger partial charge in [-0.25, -0.2) is 0 Å². The molecule has 0 aromatic carbocycles. The third-order valence-corrected chi connectivity index (χ3v) is 3.23. The van der Waals surface area contributed by atoms with Crippen LogP contribution in [0, 0.1) is 18.8 Å². The quantitative estimate of drug-likeness (QED) is 0.731. The van der Waals surface area contributed by atoms with E-state index in [1.807, 2.05) is 13.0 Å². The van der Waals surface area contributed by atoms with E-state index in [1.165, 1.54) is 5.57 Å². The van der Waals surface area contributed by atoms with Crippen molar-refractivity contribution in [1.29, 1.82) is 0 Å². The first-order valence-corrected chi connectivity index (χ1v) is 5.18. The Hall–Kier alpha value is -1.09. The molecule has 0 spiro atoms. The first-order chi connectivity index (χ1) is 6.83. The molecule has 0 saturated carbocycles. The fourth-order valence-corrected chi connectivity index (χ4v) is 2.48. The molecule has 0 radical (unpaired) electrons. The van der Waals surface area contributed by atoms with E-state index in [2.05, 4.69) is 16.5 Å². The maximum atomic E-state index is 5.27. The maximum Gasteiger partial charge on any atom is 0.162 e. The lowest BCUT2D eigenvalue weighted by atomic mass is 9.99. The van der Waals surface area contributed by atoms with Gasteiger partial charge in [0.2, 0.25) is 0 Å². The minimum absolute atomic E-state index is 0.718. The minimum Gasteiger partial charge on any atom is -0.356 e. The highest BCUT2D eigenvalue weighted by Crippen LogP contribution is 2.38. The highest BCUT2D eigenvalue weighted by atomic mass is 16.5. The van der Waals surface area contributed by atoms with E-state index in [9.17, 15) is 0 Å². The Kier molecular flexibility index (Phi) is 1.74. The summed E-state index contributed by atoms with van der Waals surface area (Å²) in [7, 11) is 0. The van der Waals surface area contributed by atoms with Crippen molar-refractivity contribution in [2.75, 3.05) is 13.1 Å². The zero-order valence-electron chi connectivity index (χ0n) is 8.29. The van der Waals surface area contributed by atoms with Crippen LogP contribution in [0.2, 0.25) is 0 Å². The Labute approximate surface area is 83.2 Å². The molecule has 0 unspecified atom stereocenters. The molecule has 1 fully saturated rings. The molecule has 2 atom stereocenters. The summed E-state index contributed by atoms with van der Waals surface area (Å²) >= 11 is 0. The number of fused-ring (bicyclic) bond motifs is 1. The van der Waals surface area contributed by atoms with Crippen LogP contribution in [-0.2, 0) is 0 Å². The van der Waals surface area contributed by atoms with E-state index in [0.29, 0.717) is 0 Å². The van der Waals surface area contributed by atoms with Crippen molar-refractivity contribution in [2.45, 2.75) is 13.3 Å². The van der Waals surface area contributed by atoms with Crippen molar-refractivity contribution in [3.63, 3.8) is 0 Å². The molecule has 2 heterocycles. The molecular formula is C11H14N2O. The predicted molar refractivity (Wildman–Crippen MR) is 53.7 cm³/mol. The Balaban J connectivity index is 1.87. The van der Waals surface area contributed by atoms with Gasteiger partial charge in [0.05, 0.1) is 5.69 Å².